The molecule has 9 nitrogen and oxygen atoms in total. The van der Waals surface area contributed by atoms with E-state index in [1.807, 2.05) is 24.3 Å². The molecule has 0 unspecified atom stereocenters. The molecular formula is C19H22N6O3. The Bertz CT molecular complexity index is 1170. The van der Waals surface area contributed by atoms with Crippen molar-refractivity contribution in [1.82, 2.24) is 24.1 Å². The summed E-state index contributed by atoms with van der Waals surface area (Å²) in [6.07, 6.45) is 2.91. The van der Waals surface area contributed by atoms with Crippen LogP contribution in [0.15, 0.2) is 45.3 Å². The Morgan fingerprint density at radius 2 is 1.86 bits per heavy atom. The van der Waals surface area contributed by atoms with E-state index in [0.717, 1.165) is 10.1 Å². The topological polar surface area (TPSA) is 103 Å². The second-order valence-electron chi connectivity index (χ2n) is 6.86. The minimum Gasteiger partial charge on any atom is -0.315 e. The van der Waals surface area contributed by atoms with Gasteiger partial charge in [0.1, 0.15) is 6.54 Å². The molecule has 0 fully saturated rings. The lowest BCUT2D eigenvalue weighted by atomic mass is 10.0. The van der Waals surface area contributed by atoms with Gasteiger partial charge in [-0.3, -0.25) is 18.7 Å². The van der Waals surface area contributed by atoms with E-state index in [2.05, 4.69) is 29.4 Å². The largest absolute Gasteiger partial charge is 0.332 e. The van der Waals surface area contributed by atoms with Gasteiger partial charge in [0.05, 0.1) is 12.5 Å². The summed E-state index contributed by atoms with van der Waals surface area (Å²) in [5, 5.41) is 3.95. The van der Waals surface area contributed by atoms with Gasteiger partial charge < -0.3 is 4.57 Å². The van der Waals surface area contributed by atoms with Gasteiger partial charge in [-0.1, -0.05) is 38.1 Å². The SMILES string of the molecule is CC(C)c1ccc(C=NNC(=O)Cn2cnc3c2c(=O)n(C)c(=O)n3C)cc1. The zero-order valence-corrected chi connectivity index (χ0v) is 16.2. The molecule has 2 aromatic heterocycles. The standard InChI is InChI=1S/C19H22N6O3/c1-12(2)14-7-5-13(6-8-14)9-21-22-15(26)10-25-11-20-17-16(25)18(27)24(4)19(28)23(17)3/h5-9,11-12H,10H2,1-4H3,(H,22,26). The fourth-order valence-electron chi connectivity index (χ4n) is 2.85. The number of hydrogen-bond donors (Lipinski definition) is 1. The number of nitrogens with zero attached hydrogens (tertiary/aromatic N) is 5. The van der Waals surface area contributed by atoms with Gasteiger partial charge in [-0.15, -0.1) is 0 Å². The first kappa shape index (κ1) is 19.3. The Balaban J connectivity index is 1.73. The molecule has 1 amide bonds. The highest BCUT2D eigenvalue weighted by Crippen LogP contribution is 2.13. The van der Waals surface area contributed by atoms with Crippen LogP contribution in [0.3, 0.4) is 0 Å². The summed E-state index contributed by atoms with van der Waals surface area (Å²) < 4.78 is 3.65. The second kappa shape index (κ2) is 7.63. The van der Waals surface area contributed by atoms with Crippen LogP contribution < -0.4 is 16.7 Å². The zero-order chi connectivity index (χ0) is 20.4. The number of aromatic nitrogens is 4. The third-order valence-electron chi connectivity index (χ3n) is 4.54. The van der Waals surface area contributed by atoms with Gasteiger partial charge in [-0.25, -0.2) is 15.2 Å². The molecule has 0 radical (unpaired) electrons. The number of hydrogen-bond acceptors (Lipinski definition) is 5. The molecule has 2 heterocycles. The maximum absolute atomic E-state index is 12.4. The molecule has 3 rings (SSSR count). The van der Waals surface area contributed by atoms with Crippen LogP contribution in [0.25, 0.3) is 11.2 Å². The van der Waals surface area contributed by atoms with Crippen LogP contribution in [-0.2, 0) is 25.4 Å². The Morgan fingerprint density at radius 1 is 1.18 bits per heavy atom. The van der Waals surface area contributed by atoms with Gasteiger partial charge in [0, 0.05) is 14.1 Å². The summed E-state index contributed by atoms with van der Waals surface area (Å²) in [5.74, 6) is 0.0353. The highest BCUT2D eigenvalue weighted by Gasteiger charge is 2.15. The van der Waals surface area contributed by atoms with Crippen molar-refractivity contribution in [2.75, 3.05) is 0 Å². The molecule has 28 heavy (non-hydrogen) atoms. The quantitative estimate of drug-likeness (QED) is 0.518. The molecule has 0 aliphatic rings. The monoisotopic (exact) mass is 382 g/mol. The van der Waals surface area contributed by atoms with Crippen molar-refractivity contribution in [3.8, 4) is 0 Å². The summed E-state index contributed by atoms with van der Waals surface area (Å²) in [4.78, 5) is 40.6. The lowest BCUT2D eigenvalue weighted by Crippen LogP contribution is -2.38. The van der Waals surface area contributed by atoms with E-state index in [4.69, 9.17) is 0 Å². The highest BCUT2D eigenvalue weighted by atomic mass is 16.2. The smallest absolute Gasteiger partial charge is 0.315 e. The Labute approximate surface area is 160 Å². The molecule has 0 spiro atoms. The normalized spacial score (nSPS) is 11.6. The molecule has 0 atom stereocenters. The van der Waals surface area contributed by atoms with E-state index in [1.54, 1.807) is 6.21 Å². The minimum absolute atomic E-state index is 0.145. The van der Waals surface area contributed by atoms with Crippen molar-refractivity contribution in [1.29, 1.82) is 0 Å². The maximum atomic E-state index is 12.4. The molecule has 9 heteroatoms. The predicted molar refractivity (Wildman–Crippen MR) is 106 cm³/mol. The van der Waals surface area contributed by atoms with Crippen LogP contribution in [0.2, 0.25) is 0 Å². The van der Waals surface area contributed by atoms with Gasteiger partial charge in [-0.2, -0.15) is 5.10 Å². The van der Waals surface area contributed by atoms with E-state index in [0.29, 0.717) is 5.92 Å². The first-order chi connectivity index (χ1) is 13.3. The summed E-state index contributed by atoms with van der Waals surface area (Å²) in [7, 11) is 2.91. The summed E-state index contributed by atoms with van der Waals surface area (Å²) in [6, 6.07) is 7.90. The van der Waals surface area contributed by atoms with E-state index < -0.39 is 17.2 Å². The average Bonchev–Trinajstić information content (AvgIpc) is 3.08. The predicted octanol–water partition coefficient (Wildman–Crippen LogP) is 0.707. The minimum atomic E-state index is -0.503. The number of carbonyl (C=O) groups excluding carboxylic acids is 1. The highest BCUT2D eigenvalue weighted by molar-refractivity contribution is 5.83. The number of fused-ring (bicyclic) bond motifs is 1. The van der Waals surface area contributed by atoms with Crippen molar-refractivity contribution in [2.45, 2.75) is 26.3 Å². The fourth-order valence-corrected chi connectivity index (χ4v) is 2.85. The summed E-state index contributed by atoms with van der Waals surface area (Å²) >= 11 is 0. The first-order valence-electron chi connectivity index (χ1n) is 8.82. The lowest BCUT2D eigenvalue weighted by Gasteiger charge is -2.06. The molecule has 3 aromatic rings. The van der Waals surface area contributed by atoms with Crippen LogP contribution in [0.4, 0.5) is 0 Å². The second-order valence-corrected chi connectivity index (χ2v) is 6.86. The van der Waals surface area contributed by atoms with Crippen LogP contribution in [0.5, 0.6) is 0 Å². The van der Waals surface area contributed by atoms with Crippen LogP contribution in [0.1, 0.15) is 30.9 Å². The Hall–Kier alpha value is -3.49. The van der Waals surface area contributed by atoms with Gasteiger partial charge >= 0.3 is 5.69 Å². The summed E-state index contributed by atoms with van der Waals surface area (Å²) in [5.41, 5.74) is 3.97. The molecule has 0 aliphatic heterocycles. The third-order valence-corrected chi connectivity index (χ3v) is 4.54. The molecule has 0 aliphatic carbocycles. The number of imidazole rings is 1. The van der Waals surface area contributed by atoms with Crippen molar-refractivity contribution in [3.05, 3.63) is 62.6 Å². The summed E-state index contributed by atoms with van der Waals surface area (Å²) in [6.45, 7) is 4.09. The molecule has 1 aromatic carbocycles. The van der Waals surface area contributed by atoms with E-state index >= 15 is 0 Å². The van der Waals surface area contributed by atoms with Gasteiger partial charge in [0.2, 0.25) is 0 Å². The average molecular weight is 382 g/mol. The number of rotatable bonds is 5. The van der Waals surface area contributed by atoms with Gasteiger partial charge in [0.15, 0.2) is 11.2 Å². The number of aryl methyl sites for hydroxylation is 1. The van der Waals surface area contributed by atoms with Crippen molar-refractivity contribution in [2.24, 2.45) is 19.2 Å². The number of carbonyl (C=O) groups is 1. The number of hydrazone groups is 1. The van der Waals surface area contributed by atoms with Gasteiger partial charge in [0.25, 0.3) is 11.5 Å². The van der Waals surface area contributed by atoms with E-state index in [9.17, 15) is 14.4 Å². The molecule has 0 saturated heterocycles. The fraction of sp³-hybridized carbons (Fsp3) is 0.316. The van der Waals surface area contributed by atoms with E-state index in [1.165, 1.54) is 35.1 Å². The van der Waals surface area contributed by atoms with Crippen LogP contribution in [0, 0.1) is 0 Å². The van der Waals surface area contributed by atoms with Crippen molar-refractivity contribution < 1.29 is 4.79 Å². The number of nitrogens with one attached hydrogen (secondary N) is 1. The first-order valence-corrected chi connectivity index (χ1v) is 8.82. The van der Waals surface area contributed by atoms with Gasteiger partial charge in [-0.05, 0) is 17.0 Å². The molecule has 1 N–H and O–H groups in total. The maximum Gasteiger partial charge on any atom is 0.332 e. The Morgan fingerprint density at radius 3 is 2.50 bits per heavy atom. The molecule has 0 saturated carbocycles. The molecule has 146 valence electrons. The van der Waals surface area contributed by atoms with Crippen molar-refractivity contribution in [3.63, 3.8) is 0 Å². The van der Waals surface area contributed by atoms with Crippen molar-refractivity contribution >= 4 is 23.3 Å². The Kier molecular flexibility index (Phi) is 5.25. The molecular weight excluding hydrogens is 360 g/mol. The number of benzene rings is 1. The van der Waals surface area contributed by atoms with E-state index in [-0.39, 0.29) is 17.7 Å². The third kappa shape index (κ3) is 3.64. The lowest BCUT2D eigenvalue weighted by molar-refractivity contribution is -0.121. The van der Waals surface area contributed by atoms with Crippen LogP contribution >= 0.6 is 0 Å². The number of amides is 1. The molecule has 0 bridgehead atoms. The van der Waals surface area contributed by atoms with Crippen LogP contribution in [-0.4, -0.2) is 30.8 Å². The zero-order valence-electron chi connectivity index (χ0n) is 16.2.